The molecule has 4 aromatic rings. The van der Waals surface area contributed by atoms with Gasteiger partial charge in [-0.05, 0) is 53.4 Å². The third kappa shape index (κ3) is 4.53. The number of aromatic nitrogens is 4. The number of nitrogens with one attached hydrogen (secondary N) is 1. The molecular formula is C26H22ClF3N6O. The molecule has 2 aromatic heterocycles. The molecule has 0 atom stereocenters. The van der Waals surface area contributed by atoms with E-state index in [1.54, 1.807) is 17.0 Å². The Bertz CT molecular complexity index is 1500. The predicted octanol–water partition coefficient (Wildman–Crippen LogP) is 5.89. The summed E-state index contributed by atoms with van der Waals surface area (Å²) in [7, 11) is 1.83. The van der Waals surface area contributed by atoms with Crippen molar-refractivity contribution in [3.63, 3.8) is 0 Å². The Morgan fingerprint density at radius 2 is 1.84 bits per heavy atom. The molecule has 0 spiro atoms. The Hall–Kier alpha value is -3.92. The van der Waals surface area contributed by atoms with E-state index in [0.717, 1.165) is 22.8 Å². The van der Waals surface area contributed by atoms with Crippen molar-refractivity contribution in [3.05, 3.63) is 77.1 Å². The van der Waals surface area contributed by atoms with Crippen LogP contribution in [0.3, 0.4) is 0 Å². The van der Waals surface area contributed by atoms with Crippen molar-refractivity contribution in [3.8, 4) is 22.5 Å². The molecule has 1 amide bonds. The third-order valence-corrected chi connectivity index (χ3v) is 6.51. The Morgan fingerprint density at radius 3 is 2.49 bits per heavy atom. The smallest absolute Gasteiger partial charge is 0.370 e. The summed E-state index contributed by atoms with van der Waals surface area (Å²) >= 11 is 5.84. The Labute approximate surface area is 215 Å². The highest BCUT2D eigenvalue weighted by atomic mass is 35.5. The molecule has 7 nitrogen and oxygen atoms in total. The van der Waals surface area contributed by atoms with E-state index in [-0.39, 0.29) is 34.9 Å². The van der Waals surface area contributed by atoms with Gasteiger partial charge >= 0.3 is 6.18 Å². The molecule has 37 heavy (non-hydrogen) atoms. The minimum absolute atomic E-state index is 0.0119. The summed E-state index contributed by atoms with van der Waals surface area (Å²) < 4.78 is 43.4. The van der Waals surface area contributed by atoms with Crippen molar-refractivity contribution >= 4 is 29.1 Å². The van der Waals surface area contributed by atoms with Gasteiger partial charge in [0.25, 0.3) is 5.91 Å². The number of pyridine rings is 1. The summed E-state index contributed by atoms with van der Waals surface area (Å²) in [6.45, 7) is 2.21. The number of hydrogen-bond acceptors (Lipinski definition) is 5. The minimum Gasteiger partial charge on any atom is -0.370 e. The van der Waals surface area contributed by atoms with Gasteiger partial charge in [-0.25, -0.2) is 4.98 Å². The van der Waals surface area contributed by atoms with Gasteiger partial charge in [-0.3, -0.25) is 9.69 Å². The average molecular weight is 527 g/mol. The quantitative estimate of drug-likeness (QED) is 0.317. The lowest BCUT2D eigenvalue weighted by Crippen LogP contribution is -2.24. The van der Waals surface area contributed by atoms with Gasteiger partial charge in [0, 0.05) is 30.6 Å². The van der Waals surface area contributed by atoms with Gasteiger partial charge < -0.3 is 9.88 Å². The monoisotopic (exact) mass is 526 g/mol. The molecular weight excluding hydrogens is 505 g/mol. The second-order valence-electron chi connectivity index (χ2n) is 8.63. The Kier molecular flexibility index (Phi) is 6.36. The first-order valence-electron chi connectivity index (χ1n) is 11.5. The van der Waals surface area contributed by atoms with Crippen LogP contribution in [0.4, 0.5) is 24.8 Å². The van der Waals surface area contributed by atoms with Gasteiger partial charge in [0.05, 0.1) is 12.1 Å². The second-order valence-corrected chi connectivity index (χ2v) is 8.90. The SMILES string of the molecule is CCNc1cc(-c2ccccc2-c2nncn2C)cc(N2Cc3c(cc(CCl)cc3C(F)(F)F)C2=O)n1. The number of rotatable bonds is 6. The van der Waals surface area contributed by atoms with Crippen LogP contribution >= 0.6 is 11.6 Å². The van der Waals surface area contributed by atoms with Crippen LogP contribution in [0.5, 0.6) is 0 Å². The third-order valence-electron chi connectivity index (χ3n) is 6.20. The summed E-state index contributed by atoms with van der Waals surface area (Å²) in [4.78, 5) is 19.2. The normalized spacial score (nSPS) is 13.2. The molecule has 0 fully saturated rings. The van der Waals surface area contributed by atoms with Gasteiger partial charge in [-0.15, -0.1) is 21.8 Å². The number of halogens is 4. The van der Waals surface area contributed by atoms with Crippen LogP contribution in [0.25, 0.3) is 22.5 Å². The van der Waals surface area contributed by atoms with Gasteiger partial charge in [0.15, 0.2) is 5.82 Å². The summed E-state index contributed by atoms with van der Waals surface area (Å²) in [5, 5.41) is 11.3. The van der Waals surface area contributed by atoms with Crippen LogP contribution in [0, 0.1) is 0 Å². The second kappa shape index (κ2) is 9.51. The maximum Gasteiger partial charge on any atom is 0.416 e. The zero-order chi connectivity index (χ0) is 26.3. The predicted molar refractivity (Wildman–Crippen MR) is 135 cm³/mol. The van der Waals surface area contributed by atoms with Crippen LogP contribution in [0.2, 0.25) is 0 Å². The van der Waals surface area contributed by atoms with E-state index >= 15 is 0 Å². The molecule has 5 rings (SSSR count). The number of alkyl halides is 4. The fraction of sp³-hybridized carbons (Fsp3) is 0.231. The van der Waals surface area contributed by atoms with E-state index in [9.17, 15) is 18.0 Å². The van der Waals surface area contributed by atoms with E-state index in [4.69, 9.17) is 11.6 Å². The first-order valence-corrected chi connectivity index (χ1v) is 12.0. The Balaban J connectivity index is 1.64. The van der Waals surface area contributed by atoms with E-state index in [2.05, 4.69) is 20.5 Å². The van der Waals surface area contributed by atoms with Crippen molar-refractivity contribution in [1.29, 1.82) is 0 Å². The number of carbonyl (C=O) groups is 1. The molecule has 0 saturated carbocycles. The molecule has 0 bridgehead atoms. The summed E-state index contributed by atoms with van der Waals surface area (Å²) in [5.41, 5.74) is 1.63. The van der Waals surface area contributed by atoms with Crippen molar-refractivity contribution in [2.24, 2.45) is 7.05 Å². The Morgan fingerprint density at radius 1 is 1.08 bits per heavy atom. The molecule has 0 aliphatic carbocycles. The van der Waals surface area contributed by atoms with Gasteiger partial charge in [-0.1, -0.05) is 24.3 Å². The zero-order valence-corrected chi connectivity index (χ0v) is 20.7. The van der Waals surface area contributed by atoms with Crippen molar-refractivity contribution < 1.29 is 18.0 Å². The standard InChI is InChI=1S/C26H22ClF3N6O/c1-3-31-22-10-16(17-6-4-5-7-18(17)24-34-32-14-35(24)2)11-23(33-22)36-13-20-19(25(36)37)8-15(12-27)9-21(20)26(28,29)30/h4-11,14H,3,12-13H2,1-2H3,(H,31,33). The van der Waals surface area contributed by atoms with E-state index in [1.807, 2.05) is 44.3 Å². The minimum atomic E-state index is -4.62. The van der Waals surface area contributed by atoms with Crippen LogP contribution in [-0.4, -0.2) is 32.2 Å². The van der Waals surface area contributed by atoms with Gasteiger partial charge in [0.2, 0.25) is 0 Å². The fourth-order valence-electron chi connectivity index (χ4n) is 4.52. The lowest BCUT2D eigenvalue weighted by atomic mass is 9.99. The highest BCUT2D eigenvalue weighted by Crippen LogP contribution is 2.41. The molecule has 0 unspecified atom stereocenters. The van der Waals surface area contributed by atoms with Crippen LogP contribution in [0.1, 0.15) is 34.0 Å². The van der Waals surface area contributed by atoms with Gasteiger partial charge in [0.1, 0.15) is 18.0 Å². The molecule has 0 radical (unpaired) electrons. The van der Waals surface area contributed by atoms with Crippen LogP contribution in [0.15, 0.2) is 54.9 Å². The van der Waals surface area contributed by atoms with E-state index in [1.165, 1.54) is 11.0 Å². The molecule has 2 aromatic carbocycles. The molecule has 3 heterocycles. The molecule has 1 aliphatic heterocycles. The highest BCUT2D eigenvalue weighted by Gasteiger charge is 2.41. The highest BCUT2D eigenvalue weighted by molar-refractivity contribution is 6.17. The van der Waals surface area contributed by atoms with Gasteiger partial charge in [-0.2, -0.15) is 13.2 Å². The van der Waals surface area contributed by atoms with Crippen LogP contribution in [-0.2, 0) is 25.6 Å². The van der Waals surface area contributed by atoms with Crippen molar-refractivity contribution in [2.75, 3.05) is 16.8 Å². The first kappa shape index (κ1) is 24.8. The summed E-state index contributed by atoms with van der Waals surface area (Å²) in [6.07, 6.45) is -3.02. The number of benzene rings is 2. The number of anilines is 2. The molecule has 1 N–H and O–H groups in total. The van der Waals surface area contributed by atoms with Crippen molar-refractivity contribution in [1.82, 2.24) is 19.7 Å². The lowest BCUT2D eigenvalue weighted by Gasteiger charge is -2.19. The summed E-state index contributed by atoms with van der Waals surface area (Å²) in [5.74, 6) is 0.681. The van der Waals surface area contributed by atoms with E-state index in [0.29, 0.717) is 18.2 Å². The molecule has 11 heteroatoms. The maximum atomic E-state index is 13.9. The molecule has 1 aliphatic rings. The molecule has 0 saturated heterocycles. The zero-order valence-electron chi connectivity index (χ0n) is 20.0. The number of hydrogen-bond donors (Lipinski definition) is 1. The van der Waals surface area contributed by atoms with Crippen LogP contribution < -0.4 is 10.2 Å². The first-order chi connectivity index (χ1) is 17.7. The number of nitrogens with zero attached hydrogens (tertiary/aromatic N) is 5. The fourth-order valence-corrected chi connectivity index (χ4v) is 4.68. The maximum absolute atomic E-state index is 13.9. The molecule has 190 valence electrons. The number of carbonyl (C=O) groups excluding carboxylic acids is 1. The lowest BCUT2D eigenvalue weighted by molar-refractivity contribution is -0.138. The number of fused-ring (bicyclic) bond motifs is 1. The number of aryl methyl sites for hydroxylation is 1. The van der Waals surface area contributed by atoms with Crippen molar-refractivity contribution in [2.45, 2.75) is 25.5 Å². The number of amides is 1. The largest absolute Gasteiger partial charge is 0.416 e. The summed E-state index contributed by atoms with van der Waals surface area (Å²) in [6, 6.07) is 13.6. The van der Waals surface area contributed by atoms with E-state index < -0.39 is 17.6 Å². The average Bonchev–Trinajstić information content (AvgIpc) is 3.45. The topological polar surface area (TPSA) is 75.9 Å².